The van der Waals surface area contributed by atoms with Gasteiger partial charge in [-0.15, -0.1) is 0 Å². The number of anilines is 1. The van der Waals surface area contributed by atoms with Gasteiger partial charge >= 0.3 is 0 Å². The summed E-state index contributed by atoms with van der Waals surface area (Å²) in [6.45, 7) is 4.41. The zero-order valence-electron chi connectivity index (χ0n) is 10.6. The van der Waals surface area contributed by atoms with E-state index in [1.54, 1.807) is 6.07 Å². The molecule has 1 aliphatic rings. The van der Waals surface area contributed by atoms with E-state index in [9.17, 15) is 4.39 Å². The van der Waals surface area contributed by atoms with Crippen molar-refractivity contribution < 1.29 is 9.13 Å². The van der Waals surface area contributed by atoms with Crippen molar-refractivity contribution in [1.82, 2.24) is 14.8 Å². The Labute approximate surface area is 110 Å². The molecular weight excluding hydrogens is 247 g/mol. The van der Waals surface area contributed by atoms with Gasteiger partial charge < -0.3 is 10.1 Å². The van der Waals surface area contributed by atoms with Gasteiger partial charge in [-0.25, -0.2) is 14.1 Å². The van der Waals surface area contributed by atoms with Crippen LogP contribution in [0, 0.1) is 11.2 Å². The van der Waals surface area contributed by atoms with E-state index in [0.29, 0.717) is 5.69 Å². The second-order valence-electron chi connectivity index (χ2n) is 5.16. The number of hydrogen-bond donors (Lipinski definition) is 1. The van der Waals surface area contributed by atoms with E-state index in [-0.39, 0.29) is 11.2 Å². The fourth-order valence-corrected chi connectivity index (χ4v) is 2.00. The van der Waals surface area contributed by atoms with Crippen LogP contribution in [0.1, 0.15) is 6.92 Å². The Morgan fingerprint density at radius 2 is 2.32 bits per heavy atom. The van der Waals surface area contributed by atoms with Crippen LogP contribution in [-0.2, 0) is 4.74 Å². The monoisotopic (exact) mass is 262 g/mol. The molecule has 0 bridgehead atoms. The predicted octanol–water partition coefficient (Wildman–Crippen LogP) is 1.85. The largest absolute Gasteiger partial charge is 0.384 e. The van der Waals surface area contributed by atoms with Gasteiger partial charge in [0, 0.05) is 17.6 Å². The molecule has 6 heteroatoms. The third-order valence-corrected chi connectivity index (χ3v) is 3.23. The summed E-state index contributed by atoms with van der Waals surface area (Å²) in [7, 11) is 0. The fraction of sp³-hybridized carbons (Fsp3) is 0.385. The molecule has 0 aliphatic carbocycles. The van der Waals surface area contributed by atoms with Crippen LogP contribution in [0.15, 0.2) is 30.9 Å². The maximum Gasteiger partial charge on any atom is 0.150 e. The predicted molar refractivity (Wildman–Crippen MR) is 68.7 cm³/mol. The van der Waals surface area contributed by atoms with Gasteiger partial charge in [0.2, 0.25) is 0 Å². The lowest BCUT2D eigenvalue weighted by molar-refractivity contribution is -0.0924. The van der Waals surface area contributed by atoms with E-state index in [1.165, 1.54) is 23.4 Å². The molecule has 5 nitrogen and oxygen atoms in total. The molecule has 0 saturated carbocycles. The van der Waals surface area contributed by atoms with Gasteiger partial charge in [-0.1, -0.05) is 6.92 Å². The van der Waals surface area contributed by atoms with Crippen LogP contribution in [0.5, 0.6) is 0 Å². The maximum atomic E-state index is 14.0. The average molecular weight is 262 g/mol. The van der Waals surface area contributed by atoms with E-state index in [4.69, 9.17) is 4.74 Å². The van der Waals surface area contributed by atoms with Gasteiger partial charge in [0.15, 0.2) is 5.82 Å². The smallest absolute Gasteiger partial charge is 0.150 e. The Bertz CT molecular complexity index is 566. The van der Waals surface area contributed by atoms with Crippen LogP contribution in [0.3, 0.4) is 0 Å². The normalized spacial score (nSPS) is 16.9. The topological polar surface area (TPSA) is 52.0 Å². The Kier molecular flexibility index (Phi) is 2.94. The molecule has 100 valence electrons. The van der Waals surface area contributed by atoms with Crippen molar-refractivity contribution in [3.8, 4) is 5.69 Å². The number of rotatable bonds is 4. The minimum absolute atomic E-state index is 0.154. The van der Waals surface area contributed by atoms with E-state index < -0.39 is 0 Å². The van der Waals surface area contributed by atoms with Gasteiger partial charge in [-0.3, -0.25) is 0 Å². The van der Waals surface area contributed by atoms with Crippen LogP contribution in [0.4, 0.5) is 10.1 Å². The quantitative estimate of drug-likeness (QED) is 0.913. The minimum Gasteiger partial charge on any atom is -0.384 e. The molecule has 1 saturated heterocycles. The van der Waals surface area contributed by atoms with E-state index in [0.717, 1.165) is 25.4 Å². The number of benzene rings is 1. The van der Waals surface area contributed by atoms with Gasteiger partial charge in [0.25, 0.3) is 0 Å². The van der Waals surface area contributed by atoms with Crippen LogP contribution < -0.4 is 5.32 Å². The number of halogens is 1. The van der Waals surface area contributed by atoms with Gasteiger partial charge in [-0.05, 0) is 18.2 Å². The number of nitrogens with zero attached hydrogens (tertiary/aromatic N) is 3. The lowest BCUT2D eigenvalue weighted by Gasteiger charge is -2.38. The summed E-state index contributed by atoms with van der Waals surface area (Å²) >= 11 is 0. The number of nitrogens with one attached hydrogen (secondary N) is 1. The first-order chi connectivity index (χ1) is 9.16. The fourth-order valence-electron chi connectivity index (χ4n) is 2.00. The highest BCUT2D eigenvalue weighted by Gasteiger charge is 2.32. The van der Waals surface area contributed by atoms with Crippen molar-refractivity contribution in [2.24, 2.45) is 5.41 Å². The first-order valence-corrected chi connectivity index (χ1v) is 6.12. The zero-order valence-corrected chi connectivity index (χ0v) is 10.6. The molecule has 1 N–H and O–H groups in total. The Morgan fingerprint density at radius 3 is 2.89 bits per heavy atom. The van der Waals surface area contributed by atoms with E-state index in [1.807, 2.05) is 6.07 Å². The maximum absolute atomic E-state index is 14.0. The lowest BCUT2D eigenvalue weighted by atomic mass is 9.89. The number of aromatic nitrogens is 3. The second-order valence-corrected chi connectivity index (χ2v) is 5.16. The Morgan fingerprint density at radius 1 is 1.47 bits per heavy atom. The highest BCUT2D eigenvalue weighted by atomic mass is 19.1. The summed E-state index contributed by atoms with van der Waals surface area (Å²) < 4.78 is 20.6. The van der Waals surface area contributed by atoms with Crippen LogP contribution >= 0.6 is 0 Å². The van der Waals surface area contributed by atoms with Crippen LogP contribution in [-0.4, -0.2) is 34.5 Å². The van der Waals surface area contributed by atoms with Crippen molar-refractivity contribution in [1.29, 1.82) is 0 Å². The first kappa shape index (κ1) is 12.1. The van der Waals surface area contributed by atoms with Crippen molar-refractivity contribution in [3.05, 3.63) is 36.7 Å². The molecular formula is C13H15FN4O. The molecule has 1 aliphatic heterocycles. The Hall–Kier alpha value is -1.95. The molecule has 3 rings (SSSR count). The molecule has 2 heterocycles. The molecule has 0 amide bonds. The molecule has 0 radical (unpaired) electrons. The molecule has 1 aromatic carbocycles. The minimum atomic E-state index is -0.328. The van der Waals surface area contributed by atoms with E-state index in [2.05, 4.69) is 22.3 Å². The third kappa shape index (κ3) is 2.44. The van der Waals surface area contributed by atoms with Crippen molar-refractivity contribution in [3.63, 3.8) is 0 Å². The van der Waals surface area contributed by atoms with Gasteiger partial charge in [0.1, 0.15) is 18.3 Å². The van der Waals surface area contributed by atoms with Crippen LogP contribution in [0.2, 0.25) is 0 Å². The summed E-state index contributed by atoms with van der Waals surface area (Å²) in [5, 5.41) is 7.15. The van der Waals surface area contributed by atoms with Crippen LogP contribution in [0.25, 0.3) is 5.69 Å². The number of ether oxygens (including phenoxy) is 1. The summed E-state index contributed by atoms with van der Waals surface area (Å²) in [4.78, 5) is 3.81. The summed E-state index contributed by atoms with van der Waals surface area (Å²) in [5.41, 5.74) is 1.30. The molecule has 0 unspecified atom stereocenters. The molecule has 19 heavy (non-hydrogen) atoms. The highest BCUT2D eigenvalue weighted by Crippen LogP contribution is 2.27. The molecule has 2 aromatic rings. The molecule has 0 atom stereocenters. The van der Waals surface area contributed by atoms with Crippen molar-refractivity contribution >= 4 is 5.69 Å². The molecule has 0 spiro atoms. The summed E-state index contributed by atoms with van der Waals surface area (Å²) in [5.74, 6) is -0.328. The zero-order chi connectivity index (χ0) is 13.3. The summed E-state index contributed by atoms with van der Waals surface area (Å²) in [6.07, 6.45) is 2.85. The van der Waals surface area contributed by atoms with Crippen molar-refractivity contribution in [2.45, 2.75) is 6.92 Å². The standard InChI is InChI=1S/C13H15FN4O/c1-13(6-19-7-13)5-16-10-2-3-12(11(14)4-10)18-9-15-8-17-18/h2-4,8-9,16H,5-7H2,1H3. The first-order valence-electron chi connectivity index (χ1n) is 6.12. The van der Waals surface area contributed by atoms with Gasteiger partial charge in [-0.2, -0.15) is 5.10 Å². The highest BCUT2D eigenvalue weighted by molar-refractivity contribution is 5.49. The number of hydrogen-bond acceptors (Lipinski definition) is 4. The SMILES string of the molecule is CC1(CNc2ccc(-n3cncn3)c(F)c2)COC1. The average Bonchev–Trinajstić information content (AvgIpc) is 2.88. The third-order valence-electron chi connectivity index (χ3n) is 3.23. The van der Waals surface area contributed by atoms with Crippen molar-refractivity contribution in [2.75, 3.05) is 25.1 Å². The van der Waals surface area contributed by atoms with Gasteiger partial charge in [0.05, 0.1) is 13.2 Å². The molecule has 1 fully saturated rings. The summed E-state index contributed by atoms with van der Waals surface area (Å²) in [6, 6.07) is 4.99. The lowest BCUT2D eigenvalue weighted by Crippen LogP contribution is -2.45. The second kappa shape index (κ2) is 4.62. The molecule has 1 aromatic heterocycles. The Balaban J connectivity index is 1.72. The van der Waals surface area contributed by atoms with E-state index >= 15 is 0 Å².